The van der Waals surface area contributed by atoms with Gasteiger partial charge in [0.25, 0.3) is 0 Å². The van der Waals surface area contributed by atoms with E-state index in [-0.39, 0.29) is 12.4 Å². The van der Waals surface area contributed by atoms with E-state index >= 15 is 0 Å². The number of carbonyl (C=O) groups excluding carboxylic acids is 1. The highest BCUT2D eigenvalue weighted by Crippen LogP contribution is 2.23. The fourth-order valence-electron chi connectivity index (χ4n) is 2.36. The zero-order chi connectivity index (χ0) is 18.4. The molecular weight excluding hydrogens is 380 g/mol. The Hall–Kier alpha value is -2.07. The third-order valence-corrected chi connectivity index (χ3v) is 3.80. The first kappa shape index (κ1) is 19.3. The summed E-state index contributed by atoms with van der Waals surface area (Å²) in [6.45, 7) is 9.78. The minimum atomic E-state index is -0.496. The number of rotatable bonds is 6. The van der Waals surface area contributed by atoms with E-state index in [1.807, 2.05) is 63.2 Å². The summed E-state index contributed by atoms with van der Waals surface area (Å²) in [5.74, 6) is 0.424. The van der Waals surface area contributed by atoms with Crippen LogP contribution in [0.15, 0.2) is 53.5 Å². The van der Waals surface area contributed by atoms with Crippen LogP contribution >= 0.6 is 15.9 Å². The van der Waals surface area contributed by atoms with Crippen molar-refractivity contribution in [1.29, 1.82) is 0 Å². The smallest absolute Gasteiger partial charge is 0.310 e. The van der Waals surface area contributed by atoms with E-state index in [0.29, 0.717) is 12.4 Å². The Morgan fingerprint density at radius 1 is 1.20 bits per heavy atom. The number of esters is 1. The number of ether oxygens (including phenoxy) is 2. The van der Waals surface area contributed by atoms with Crippen LogP contribution in [0.5, 0.6) is 5.75 Å². The maximum absolute atomic E-state index is 12.1. The second-order valence-corrected chi connectivity index (χ2v) is 7.67. The summed E-state index contributed by atoms with van der Waals surface area (Å²) in [4.78, 5) is 12.1. The van der Waals surface area contributed by atoms with Gasteiger partial charge in [0.05, 0.1) is 6.42 Å². The Balaban J connectivity index is 2.09. The number of para-hydroxylation sites is 1. The van der Waals surface area contributed by atoms with Gasteiger partial charge in [-0.15, -0.1) is 0 Å². The minimum absolute atomic E-state index is 0.184. The van der Waals surface area contributed by atoms with Gasteiger partial charge in [-0.3, -0.25) is 4.79 Å². The van der Waals surface area contributed by atoms with Crippen LogP contribution in [0, 0.1) is 0 Å². The largest absolute Gasteiger partial charge is 0.489 e. The van der Waals surface area contributed by atoms with Crippen molar-refractivity contribution in [3.8, 4) is 5.75 Å². The highest BCUT2D eigenvalue weighted by Gasteiger charge is 2.18. The predicted molar refractivity (Wildman–Crippen MR) is 105 cm³/mol. The molecule has 3 nitrogen and oxygen atoms in total. The lowest BCUT2D eigenvalue weighted by Crippen LogP contribution is -2.25. The molecule has 2 aromatic carbocycles. The summed E-state index contributed by atoms with van der Waals surface area (Å²) < 4.78 is 12.3. The van der Waals surface area contributed by atoms with Crippen molar-refractivity contribution in [1.82, 2.24) is 0 Å². The first-order valence-electron chi connectivity index (χ1n) is 8.11. The van der Waals surface area contributed by atoms with E-state index in [2.05, 4.69) is 22.5 Å². The average Bonchev–Trinajstić information content (AvgIpc) is 2.51. The van der Waals surface area contributed by atoms with Crippen LogP contribution in [-0.2, 0) is 22.6 Å². The van der Waals surface area contributed by atoms with Crippen molar-refractivity contribution in [3.05, 3.63) is 70.2 Å². The molecule has 0 radical (unpaired) electrons. The van der Waals surface area contributed by atoms with Gasteiger partial charge in [0.15, 0.2) is 0 Å². The van der Waals surface area contributed by atoms with Gasteiger partial charge in [0.2, 0.25) is 0 Å². The summed E-state index contributed by atoms with van der Waals surface area (Å²) in [5, 5.41) is 0. The molecule has 0 aliphatic rings. The molecule has 2 aromatic rings. The van der Waals surface area contributed by atoms with Crippen molar-refractivity contribution in [2.75, 3.05) is 0 Å². The molecule has 0 amide bonds. The molecule has 0 saturated heterocycles. The fraction of sp³-hybridized carbons (Fsp3) is 0.286. The first-order valence-corrected chi connectivity index (χ1v) is 8.90. The second kappa shape index (κ2) is 8.34. The van der Waals surface area contributed by atoms with Crippen LogP contribution in [0.4, 0.5) is 0 Å². The van der Waals surface area contributed by atoms with Gasteiger partial charge < -0.3 is 9.47 Å². The Morgan fingerprint density at radius 2 is 1.92 bits per heavy atom. The lowest BCUT2D eigenvalue weighted by molar-refractivity contribution is -0.153. The van der Waals surface area contributed by atoms with Crippen molar-refractivity contribution in [2.24, 2.45) is 0 Å². The quantitative estimate of drug-likeness (QED) is 0.593. The molecule has 0 aliphatic heterocycles. The average molecular weight is 403 g/mol. The van der Waals surface area contributed by atoms with Crippen LogP contribution in [0.2, 0.25) is 0 Å². The highest BCUT2D eigenvalue weighted by molar-refractivity contribution is 9.10. The van der Waals surface area contributed by atoms with Crippen LogP contribution < -0.4 is 4.74 Å². The van der Waals surface area contributed by atoms with Gasteiger partial charge in [0.1, 0.15) is 18.0 Å². The molecule has 0 aromatic heterocycles. The van der Waals surface area contributed by atoms with Crippen LogP contribution in [0.3, 0.4) is 0 Å². The normalized spacial score (nSPS) is 11.0. The van der Waals surface area contributed by atoms with E-state index in [4.69, 9.17) is 9.47 Å². The number of benzene rings is 2. The van der Waals surface area contributed by atoms with E-state index in [1.165, 1.54) is 0 Å². The van der Waals surface area contributed by atoms with Gasteiger partial charge in [0, 0.05) is 10.0 Å². The first-order chi connectivity index (χ1) is 11.8. The molecule has 0 N–H and O–H groups in total. The van der Waals surface area contributed by atoms with Crippen molar-refractivity contribution in [3.63, 3.8) is 0 Å². The van der Waals surface area contributed by atoms with E-state index in [0.717, 1.165) is 21.2 Å². The maximum Gasteiger partial charge on any atom is 0.310 e. The lowest BCUT2D eigenvalue weighted by atomic mass is 10.1. The van der Waals surface area contributed by atoms with E-state index in [9.17, 15) is 4.79 Å². The number of carbonyl (C=O) groups is 1. The predicted octanol–water partition coefficient (Wildman–Crippen LogP) is 5.56. The Bertz CT molecular complexity index is 760. The number of hydrogen-bond donors (Lipinski definition) is 0. The van der Waals surface area contributed by atoms with Gasteiger partial charge in [-0.05, 0) is 56.2 Å². The van der Waals surface area contributed by atoms with Gasteiger partial charge >= 0.3 is 5.97 Å². The molecule has 25 heavy (non-hydrogen) atoms. The van der Waals surface area contributed by atoms with Crippen molar-refractivity contribution < 1.29 is 14.3 Å². The second-order valence-electron chi connectivity index (χ2n) is 6.76. The van der Waals surface area contributed by atoms with Crippen molar-refractivity contribution in [2.45, 2.75) is 39.4 Å². The molecule has 2 rings (SSSR count). The van der Waals surface area contributed by atoms with Gasteiger partial charge in [-0.1, -0.05) is 46.8 Å². The Labute approximate surface area is 157 Å². The van der Waals surface area contributed by atoms with Gasteiger partial charge in [-0.2, -0.15) is 0 Å². The summed E-state index contributed by atoms with van der Waals surface area (Å²) in [5.41, 5.74) is 2.37. The monoisotopic (exact) mass is 402 g/mol. The van der Waals surface area contributed by atoms with E-state index in [1.54, 1.807) is 6.08 Å². The molecule has 0 fully saturated rings. The van der Waals surface area contributed by atoms with E-state index < -0.39 is 5.60 Å². The molecule has 0 unspecified atom stereocenters. The van der Waals surface area contributed by atoms with Crippen LogP contribution in [0.1, 0.15) is 37.5 Å². The third kappa shape index (κ3) is 6.39. The molecule has 132 valence electrons. The number of hydrogen-bond acceptors (Lipinski definition) is 3. The maximum atomic E-state index is 12.1. The topological polar surface area (TPSA) is 35.5 Å². The SMILES string of the molecule is C=Cc1cc(Br)cc(COc2ccccc2CC(=O)OC(C)(C)C)c1. The number of halogens is 1. The van der Waals surface area contributed by atoms with Crippen LogP contribution in [-0.4, -0.2) is 11.6 Å². The molecular formula is C21H23BrO3. The highest BCUT2D eigenvalue weighted by atomic mass is 79.9. The molecule has 0 aliphatic carbocycles. The summed E-state index contributed by atoms with van der Waals surface area (Å²) in [7, 11) is 0. The van der Waals surface area contributed by atoms with Crippen molar-refractivity contribution >= 4 is 28.0 Å². The summed E-state index contributed by atoms with van der Waals surface area (Å²) >= 11 is 3.49. The zero-order valence-corrected chi connectivity index (χ0v) is 16.4. The third-order valence-electron chi connectivity index (χ3n) is 3.34. The summed E-state index contributed by atoms with van der Waals surface area (Å²) in [6.07, 6.45) is 1.98. The molecule has 0 atom stereocenters. The molecule has 0 spiro atoms. The van der Waals surface area contributed by atoms with Gasteiger partial charge in [-0.25, -0.2) is 0 Å². The molecule has 0 saturated carbocycles. The standard InChI is InChI=1S/C21H23BrO3/c1-5-15-10-16(12-18(22)11-15)14-24-19-9-7-6-8-17(19)13-20(23)25-21(2,3)4/h5-12H,1,13-14H2,2-4H3. The zero-order valence-electron chi connectivity index (χ0n) is 14.8. The van der Waals surface area contributed by atoms with Crippen LogP contribution in [0.25, 0.3) is 6.08 Å². The Kier molecular flexibility index (Phi) is 6.43. The summed E-state index contributed by atoms with van der Waals surface area (Å²) in [6, 6.07) is 13.6. The molecule has 0 bridgehead atoms. The Morgan fingerprint density at radius 3 is 2.60 bits per heavy atom. The minimum Gasteiger partial charge on any atom is -0.489 e. The molecule has 4 heteroatoms. The fourth-order valence-corrected chi connectivity index (χ4v) is 2.92. The molecule has 0 heterocycles. The lowest BCUT2D eigenvalue weighted by Gasteiger charge is -2.20.